The van der Waals surface area contributed by atoms with Crippen LogP contribution in [-0.2, 0) is 11.3 Å². The molecule has 0 spiro atoms. The van der Waals surface area contributed by atoms with E-state index in [2.05, 4.69) is 0 Å². The predicted octanol–water partition coefficient (Wildman–Crippen LogP) is 2.75. The Labute approximate surface area is 77.5 Å². The Morgan fingerprint density at radius 3 is 2.77 bits per heavy atom. The van der Waals surface area contributed by atoms with Crippen LogP contribution in [0.5, 0.6) is 0 Å². The second kappa shape index (κ2) is 3.88. The van der Waals surface area contributed by atoms with Crippen molar-refractivity contribution < 1.29 is 9.13 Å². The van der Waals surface area contributed by atoms with E-state index in [0.29, 0.717) is 12.2 Å². The summed E-state index contributed by atoms with van der Waals surface area (Å²) in [6.07, 6.45) is 2.55. The zero-order valence-corrected chi connectivity index (χ0v) is 7.50. The highest BCUT2D eigenvalue weighted by atomic mass is 19.1. The van der Waals surface area contributed by atoms with Crippen LogP contribution in [0.15, 0.2) is 24.3 Å². The van der Waals surface area contributed by atoms with E-state index in [4.69, 9.17) is 4.74 Å². The third-order valence-electron chi connectivity index (χ3n) is 2.27. The molecule has 2 heteroatoms. The summed E-state index contributed by atoms with van der Waals surface area (Å²) in [7, 11) is 0. The molecule has 0 atom stereocenters. The zero-order chi connectivity index (χ0) is 9.10. The first kappa shape index (κ1) is 8.70. The summed E-state index contributed by atoms with van der Waals surface area (Å²) >= 11 is 0. The van der Waals surface area contributed by atoms with Crippen LogP contribution in [0, 0.1) is 11.7 Å². The summed E-state index contributed by atoms with van der Waals surface area (Å²) in [4.78, 5) is 0. The molecule has 0 amide bonds. The minimum absolute atomic E-state index is 0.168. The van der Waals surface area contributed by atoms with Crippen molar-refractivity contribution >= 4 is 0 Å². The van der Waals surface area contributed by atoms with Crippen LogP contribution in [0.3, 0.4) is 0 Å². The molecule has 1 aromatic carbocycles. The molecule has 1 fully saturated rings. The lowest BCUT2D eigenvalue weighted by atomic mass is 10.2. The van der Waals surface area contributed by atoms with Crippen molar-refractivity contribution in [1.82, 2.24) is 0 Å². The fourth-order valence-electron chi connectivity index (χ4n) is 1.24. The van der Waals surface area contributed by atoms with Gasteiger partial charge in [-0.3, -0.25) is 0 Å². The van der Waals surface area contributed by atoms with E-state index in [1.807, 2.05) is 6.07 Å². The Hall–Kier alpha value is -0.890. The van der Waals surface area contributed by atoms with E-state index < -0.39 is 0 Å². The summed E-state index contributed by atoms with van der Waals surface area (Å²) in [5, 5.41) is 0. The van der Waals surface area contributed by atoms with Gasteiger partial charge in [-0.05, 0) is 24.8 Å². The molecule has 0 bridgehead atoms. The molecule has 0 heterocycles. The van der Waals surface area contributed by atoms with Crippen LogP contribution in [0.2, 0.25) is 0 Å². The lowest BCUT2D eigenvalue weighted by Crippen LogP contribution is -1.98. The van der Waals surface area contributed by atoms with Crippen molar-refractivity contribution in [3.05, 3.63) is 35.6 Å². The van der Waals surface area contributed by atoms with Crippen molar-refractivity contribution in [3.63, 3.8) is 0 Å². The molecule has 1 saturated carbocycles. The van der Waals surface area contributed by atoms with Crippen molar-refractivity contribution in [2.24, 2.45) is 5.92 Å². The number of ether oxygens (including phenoxy) is 1. The Morgan fingerprint density at radius 2 is 2.08 bits per heavy atom. The van der Waals surface area contributed by atoms with Gasteiger partial charge in [-0.2, -0.15) is 0 Å². The Bertz CT molecular complexity index is 281. The first-order valence-electron chi connectivity index (χ1n) is 4.67. The molecule has 0 aliphatic heterocycles. The van der Waals surface area contributed by atoms with Crippen LogP contribution >= 0.6 is 0 Å². The first-order chi connectivity index (χ1) is 6.36. The average molecular weight is 180 g/mol. The Morgan fingerprint density at radius 1 is 1.31 bits per heavy atom. The molecule has 1 aliphatic rings. The fourth-order valence-corrected chi connectivity index (χ4v) is 1.24. The Balaban J connectivity index is 1.82. The van der Waals surface area contributed by atoms with Crippen molar-refractivity contribution in [2.45, 2.75) is 19.4 Å². The van der Waals surface area contributed by atoms with Crippen LogP contribution in [0.1, 0.15) is 18.4 Å². The van der Waals surface area contributed by atoms with E-state index in [9.17, 15) is 4.39 Å². The summed E-state index contributed by atoms with van der Waals surface area (Å²) in [6, 6.07) is 6.76. The fraction of sp³-hybridized carbons (Fsp3) is 0.455. The summed E-state index contributed by atoms with van der Waals surface area (Å²) in [6.45, 7) is 1.19. The lowest BCUT2D eigenvalue weighted by molar-refractivity contribution is 0.109. The van der Waals surface area contributed by atoms with Gasteiger partial charge in [0.05, 0.1) is 6.61 Å². The number of hydrogen-bond donors (Lipinski definition) is 0. The van der Waals surface area contributed by atoms with Crippen LogP contribution in [0.25, 0.3) is 0 Å². The molecule has 0 unspecified atom stereocenters. The molecular formula is C11H13FO. The predicted molar refractivity (Wildman–Crippen MR) is 48.8 cm³/mol. The van der Waals surface area contributed by atoms with Gasteiger partial charge < -0.3 is 4.74 Å². The number of hydrogen-bond acceptors (Lipinski definition) is 1. The lowest BCUT2D eigenvalue weighted by Gasteiger charge is -2.03. The molecule has 2 rings (SSSR count). The van der Waals surface area contributed by atoms with E-state index in [0.717, 1.165) is 12.5 Å². The number of rotatable bonds is 4. The SMILES string of the molecule is Fc1ccccc1COCC1CC1. The van der Waals surface area contributed by atoms with E-state index in [1.54, 1.807) is 12.1 Å². The second-order valence-electron chi connectivity index (χ2n) is 3.55. The molecule has 1 nitrogen and oxygen atoms in total. The van der Waals surface area contributed by atoms with Gasteiger partial charge in [-0.15, -0.1) is 0 Å². The summed E-state index contributed by atoms with van der Waals surface area (Å²) in [5.41, 5.74) is 0.656. The van der Waals surface area contributed by atoms with Crippen LogP contribution < -0.4 is 0 Å². The largest absolute Gasteiger partial charge is 0.376 e. The monoisotopic (exact) mass is 180 g/mol. The normalized spacial score (nSPS) is 16.1. The molecule has 0 aromatic heterocycles. The van der Waals surface area contributed by atoms with E-state index in [-0.39, 0.29) is 5.82 Å². The van der Waals surface area contributed by atoms with Crippen LogP contribution in [0.4, 0.5) is 4.39 Å². The molecule has 70 valence electrons. The molecule has 13 heavy (non-hydrogen) atoms. The van der Waals surface area contributed by atoms with Gasteiger partial charge in [0, 0.05) is 12.2 Å². The maximum absolute atomic E-state index is 13.0. The summed E-state index contributed by atoms with van der Waals surface area (Å²) < 4.78 is 18.4. The topological polar surface area (TPSA) is 9.23 Å². The summed E-state index contributed by atoms with van der Waals surface area (Å²) in [5.74, 6) is 0.574. The molecule has 0 radical (unpaired) electrons. The zero-order valence-electron chi connectivity index (χ0n) is 7.50. The molecule has 0 saturated heterocycles. The van der Waals surface area contributed by atoms with Gasteiger partial charge in [-0.25, -0.2) is 4.39 Å². The van der Waals surface area contributed by atoms with Crippen LogP contribution in [-0.4, -0.2) is 6.61 Å². The highest BCUT2D eigenvalue weighted by molar-refractivity contribution is 5.16. The van der Waals surface area contributed by atoms with Gasteiger partial charge in [0.1, 0.15) is 5.82 Å². The van der Waals surface area contributed by atoms with Crippen molar-refractivity contribution in [1.29, 1.82) is 0 Å². The first-order valence-corrected chi connectivity index (χ1v) is 4.67. The number of halogens is 1. The van der Waals surface area contributed by atoms with Gasteiger partial charge >= 0.3 is 0 Å². The maximum Gasteiger partial charge on any atom is 0.128 e. The molecule has 1 aromatic rings. The van der Waals surface area contributed by atoms with Gasteiger partial charge in [-0.1, -0.05) is 18.2 Å². The molecular weight excluding hydrogens is 167 g/mol. The smallest absolute Gasteiger partial charge is 0.128 e. The van der Waals surface area contributed by atoms with Crippen molar-refractivity contribution in [3.8, 4) is 0 Å². The third kappa shape index (κ3) is 2.52. The maximum atomic E-state index is 13.0. The molecule has 1 aliphatic carbocycles. The van der Waals surface area contributed by atoms with Crippen molar-refractivity contribution in [2.75, 3.05) is 6.61 Å². The van der Waals surface area contributed by atoms with Gasteiger partial charge in [0.2, 0.25) is 0 Å². The van der Waals surface area contributed by atoms with E-state index in [1.165, 1.54) is 18.9 Å². The van der Waals surface area contributed by atoms with Gasteiger partial charge in [0.15, 0.2) is 0 Å². The third-order valence-corrected chi connectivity index (χ3v) is 2.27. The van der Waals surface area contributed by atoms with E-state index >= 15 is 0 Å². The van der Waals surface area contributed by atoms with Gasteiger partial charge in [0.25, 0.3) is 0 Å². The average Bonchev–Trinajstić information content (AvgIpc) is 2.92. The second-order valence-corrected chi connectivity index (χ2v) is 3.55. The minimum Gasteiger partial charge on any atom is -0.376 e. The highest BCUT2D eigenvalue weighted by Gasteiger charge is 2.21. The minimum atomic E-state index is -0.168. The standard InChI is InChI=1S/C11H13FO/c12-11-4-2-1-3-10(11)8-13-7-9-5-6-9/h1-4,9H,5-8H2. The Kier molecular flexibility index (Phi) is 2.60. The molecule has 0 N–H and O–H groups in total. The highest BCUT2D eigenvalue weighted by Crippen LogP contribution is 2.29. The number of benzene rings is 1. The quantitative estimate of drug-likeness (QED) is 0.692.